The van der Waals surface area contributed by atoms with Gasteiger partial charge in [-0.1, -0.05) is 50.3 Å². The maximum Gasteiger partial charge on any atom is 0.113 e. The first-order valence-corrected chi connectivity index (χ1v) is 14.0. The molecule has 1 heterocycles. The Bertz CT molecular complexity index is 1070. The van der Waals surface area contributed by atoms with E-state index in [1.165, 1.54) is 31.3 Å². The number of fused-ring (bicyclic) bond motifs is 1. The van der Waals surface area contributed by atoms with Crippen LogP contribution in [0.25, 0.3) is 0 Å². The summed E-state index contributed by atoms with van der Waals surface area (Å²) < 4.78 is 5.88. The van der Waals surface area contributed by atoms with Gasteiger partial charge < -0.3 is 19.7 Å². The van der Waals surface area contributed by atoms with E-state index in [-0.39, 0.29) is 10.8 Å². The van der Waals surface area contributed by atoms with E-state index in [1.807, 2.05) is 25.1 Å². The van der Waals surface area contributed by atoms with Gasteiger partial charge in [0, 0.05) is 6.42 Å². The summed E-state index contributed by atoms with van der Waals surface area (Å²) in [6.45, 7) is 10.8. The number of aliphatic hydroxyl groups excluding tert-OH is 3. The fourth-order valence-electron chi connectivity index (χ4n) is 7.73. The normalized spacial score (nSPS) is 38.0. The van der Waals surface area contributed by atoms with E-state index in [2.05, 4.69) is 38.7 Å². The van der Waals surface area contributed by atoms with Crippen molar-refractivity contribution >= 4 is 0 Å². The Kier molecular flexibility index (Phi) is 6.99. The lowest BCUT2D eigenvalue weighted by Crippen LogP contribution is -2.35. The van der Waals surface area contributed by atoms with E-state index in [0.29, 0.717) is 30.6 Å². The van der Waals surface area contributed by atoms with Crippen LogP contribution in [-0.2, 0) is 5.41 Å². The third-order valence-corrected chi connectivity index (χ3v) is 10.1. The molecule has 4 saturated carbocycles. The van der Waals surface area contributed by atoms with Crippen LogP contribution in [-0.4, -0.2) is 33.6 Å². The molecule has 0 radical (unpaired) electrons. The fraction of sp³-hybridized carbons (Fsp3) is 0.625. The molecule has 0 unspecified atom stereocenters. The van der Waals surface area contributed by atoms with E-state index in [0.717, 1.165) is 41.9 Å². The SMILES string of the molecule is C=C1/C(=C\C=C2/CCC[C@]3(C)[C@@H]([C@H](C)/C=C/[C@@H](O)C4(c5ccc(C)o5)CC4)CC[C@@H]23)C[C@@H](O)C[C@@H]1O. The third-order valence-electron chi connectivity index (χ3n) is 10.1. The lowest BCUT2D eigenvalue weighted by Gasteiger charge is -2.44. The summed E-state index contributed by atoms with van der Waals surface area (Å²) in [6.07, 6.45) is 16.0. The molecule has 5 rings (SSSR count). The molecule has 0 aromatic carbocycles. The Hall–Kier alpha value is -1.88. The Morgan fingerprint density at radius 2 is 1.89 bits per heavy atom. The minimum atomic E-state index is -0.638. The maximum absolute atomic E-state index is 11.1. The highest BCUT2D eigenvalue weighted by Gasteiger charge is 2.53. The molecule has 4 fully saturated rings. The van der Waals surface area contributed by atoms with E-state index in [1.54, 1.807) is 0 Å². The van der Waals surface area contributed by atoms with Crippen molar-refractivity contribution in [2.24, 2.45) is 23.2 Å². The zero-order chi connectivity index (χ0) is 25.7. The van der Waals surface area contributed by atoms with Crippen molar-refractivity contribution in [2.75, 3.05) is 0 Å². The second kappa shape index (κ2) is 9.78. The van der Waals surface area contributed by atoms with Crippen LogP contribution in [0.3, 0.4) is 0 Å². The molecule has 0 aliphatic heterocycles. The minimum Gasteiger partial charge on any atom is -0.466 e. The van der Waals surface area contributed by atoms with Crippen LogP contribution < -0.4 is 0 Å². The number of hydrogen-bond acceptors (Lipinski definition) is 4. The predicted octanol–water partition coefficient (Wildman–Crippen LogP) is 6.31. The van der Waals surface area contributed by atoms with Crippen LogP contribution in [0.5, 0.6) is 0 Å². The van der Waals surface area contributed by atoms with Crippen molar-refractivity contribution in [2.45, 2.75) is 102 Å². The second-order valence-corrected chi connectivity index (χ2v) is 12.4. The Morgan fingerprint density at radius 3 is 2.58 bits per heavy atom. The molecule has 36 heavy (non-hydrogen) atoms. The number of allylic oxidation sites excluding steroid dienone is 4. The van der Waals surface area contributed by atoms with Crippen molar-refractivity contribution in [3.8, 4) is 0 Å². The molecule has 196 valence electrons. The van der Waals surface area contributed by atoms with Gasteiger partial charge in [-0.15, -0.1) is 0 Å². The predicted molar refractivity (Wildman–Crippen MR) is 143 cm³/mol. The first-order valence-electron chi connectivity index (χ1n) is 14.0. The highest BCUT2D eigenvalue weighted by molar-refractivity contribution is 5.39. The number of rotatable bonds is 6. The molecule has 0 saturated heterocycles. The summed E-state index contributed by atoms with van der Waals surface area (Å²) >= 11 is 0. The molecule has 7 atom stereocenters. The average Bonchev–Trinajstić information content (AvgIpc) is 3.41. The molecule has 4 nitrogen and oxygen atoms in total. The van der Waals surface area contributed by atoms with Crippen molar-refractivity contribution in [3.63, 3.8) is 0 Å². The quantitative estimate of drug-likeness (QED) is 0.407. The first-order chi connectivity index (χ1) is 17.1. The van der Waals surface area contributed by atoms with Gasteiger partial charge in [-0.2, -0.15) is 0 Å². The van der Waals surface area contributed by atoms with Gasteiger partial charge in [-0.25, -0.2) is 0 Å². The molecule has 4 aliphatic carbocycles. The molecule has 1 aromatic rings. The van der Waals surface area contributed by atoms with Crippen molar-refractivity contribution in [1.82, 2.24) is 0 Å². The van der Waals surface area contributed by atoms with Crippen LogP contribution in [0.2, 0.25) is 0 Å². The zero-order valence-corrected chi connectivity index (χ0v) is 22.2. The van der Waals surface area contributed by atoms with Crippen LogP contribution >= 0.6 is 0 Å². The Labute approximate surface area is 216 Å². The van der Waals surface area contributed by atoms with E-state index in [9.17, 15) is 15.3 Å². The molecule has 3 N–H and O–H groups in total. The van der Waals surface area contributed by atoms with Gasteiger partial charge in [0.05, 0.1) is 23.7 Å². The largest absolute Gasteiger partial charge is 0.466 e. The lowest BCUT2D eigenvalue weighted by atomic mass is 9.61. The lowest BCUT2D eigenvalue weighted by molar-refractivity contribution is 0.0862. The highest BCUT2D eigenvalue weighted by atomic mass is 16.3. The summed E-state index contributed by atoms with van der Waals surface area (Å²) in [5.41, 5.74) is 3.29. The summed E-state index contributed by atoms with van der Waals surface area (Å²) in [5.74, 6) is 3.40. The highest BCUT2D eigenvalue weighted by Crippen LogP contribution is 2.60. The standard InChI is InChI=1S/C32H44O4/c1-20(7-13-29(35)32(16-17-32)30-14-8-21(2)36-30)26-11-12-27-23(6-5-15-31(26,27)4)9-10-24-18-25(33)19-28(34)22(24)3/h7-10,13-14,20,25-29,33-35H,3,5-6,11-12,15-19H2,1-2,4H3/b13-7+,23-9+,24-10-/t20-,25-,26-,27+,28+,29-,31-/m1/s1. The van der Waals surface area contributed by atoms with Crippen molar-refractivity contribution < 1.29 is 19.7 Å². The van der Waals surface area contributed by atoms with Gasteiger partial charge >= 0.3 is 0 Å². The van der Waals surface area contributed by atoms with E-state index >= 15 is 0 Å². The molecule has 1 aromatic heterocycles. The Morgan fingerprint density at radius 1 is 1.11 bits per heavy atom. The minimum absolute atomic E-state index is 0.231. The molecule has 0 bridgehead atoms. The molecule has 4 aliphatic rings. The number of aliphatic hydroxyl groups is 3. The Balaban J connectivity index is 1.29. The summed E-state index contributed by atoms with van der Waals surface area (Å²) in [4.78, 5) is 0. The number of aryl methyl sites for hydroxylation is 1. The van der Waals surface area contributed by atoms with Gasteiger partial charge in [0.25, 0.3) is 0 Å². The number of furan rings is 1. The maximum atomic E-state index is 11.1. The molecule has 4 heteroatoms. The van der Waals surface area contributed by atoms with Crippen LogP contribution in [0.4, 0.5) is 0 Å². The molecular weight excluding hydrogens is 448 g/mol. The molecule has 0 spiro atoms. The fourth-order valence-corrected chi connectivity index (χ4v) is 7.73. The van der Waals surface area contributed by atoms with Crippen LogP contribution in [0.15, 0.2) is 64.2 Å². The summed E-state index contributed by atoms with van der Waals surface area (Å²) in [6, 6.07) is 4.02. The van der Waals surface area contributed by atoms with Crippen LogP contribution in [0.1, 0.15) is 83.2 Å². The smallest absolute Gasteiger partial charge is 0.113 e. The number of hydrogen-bond donors (Lipinski definition) is 3. The topological polar surface area (TPSA) is 73.8 Å². The van der Waals surface area contributed by atoms with E-state index in [4.69, 9.17) is 4.42 Å². The monoisotopic (exact) mass is 492 g/mol. The first kappa shape index (κ1) is 25.8. The average molecular weight is 493 g/mol. The zero-order valence-electron chi connectivity index (χ0n) is 22.2. The molecular formula is C32H44O4. The van der Waals surface area contributed by atoms with Gasteiger partial charge in [0.2, 0.25) is 0 Å². The van der Waals surface area contributed by atoms with Gasteiger partial charge in [-0.3, -0.25) is 0 Å². The molecule has 0 amide bonds. The third kappa shape index (κ3) is 4.61. The van der Waals surface area contributed by atoms with Gasteiger partial charge in [-0.05, 0) is 105 Å². The van der Waals surface area contributed by atoms with E-state index < -0.39 is 18.3 Å². The summed E-state index contributed by atoms with van der Waals surface area (Å²) in [5, 5.41) is 31.4. The van der Waals surface area contributed by atoms with Crippen LogP contribution in [0, 0.1) is 30.1 Å². The second-order valence-electron chi connectivity index (χ2n) is 12.4. The van der Waals surface area contributed by atoms with Crippen molar-refractivity contribution in [1.29, 1.82) is 0 Å². The van der Waals surface area contributed by atoms with Gasteiger partial charge in [0.15, 0.2) is 0 Å². The van der Waals surface area contributed by atoms with Gasteiger partial charge in [0.1, 0.15) is 11.5 Å². The van der Waals surface area contributed by atoms with Crippen molar-refractivity contribution in [3.05, 3.63) is 71.3 Å². The summed E-state index contributed by atoms with van der Waals surface area (Å²) in [7, 11) is 0.